The van der Waals surface area contributed by atoms with E-state index in [1.165, 1.54) is 7.11 Å². The number of hydrogen-bond donors (Lipinski definition) is 1. The third-order valence-electron chi connectivity index (χ3n) is 3.76. The van der Waals surface area contributed by atoms with E-state index in [4.69, 9.17) is 10.5 Å². The lowest BCUT2D eigenvalue weighted by Crippen LogP contribution is -2.51. The van der Waals surface area contributed by atoms with Crippen LogP contribution >= 0.6 is 0 Å². The van der Waals surface area contributed by atoms with Gasteiger partial charge < -0.3 is 10.5 Å². The Hall–Kier alpha value is -0.570. The van der Waals surface area contributed by atoms with E-state index in [-0.39, 0.29) is 16.9 Å². The smallest absolute Gasteiger partial charge is 0.306 e. The summed E-state index contributed by atoms with van der Waals surface area (Å²) in [5.74, 6) is -0.156. The maximum atomic E-state index is 11.5. The number of hydrogen-bond acceptors (Lipinski definition) is 3. The van der Waals surface area contributed by atoms with Gasteiger partial charge in [0, 0.05) is 5.54 Å². The molecule has 0 aliphatic rings. The van der Waals surface area contributed by atoms with Crippen molar-refractivity contribution >= 4 is 5.97 Å². The van der Waals surface area contributed by atoms with Gasteiger partial charge in [-0.05, 0) is 32.1 Å². The summed E-state index contributed by atoms with van der Waals surface area (Å²) in [4.78, 5) is 11.5. The van der Waals surface area contributed by atoms with Crippen molar-refractivity contribution in [2.75, 3.05) is 7.11 Å². The van der Waals surface area contributed by atoms with Gasteiger partial charge in [-0.2, -0.15) is 0 Å². The predicted octanol–water partition coefficient (Wildman–Crippen LogP) is 2.87. The summed E-state index contributed by atoms with van der Waals surface area (Å²) in [6.45, 7) is 8.28. The zero-order chi connectivity index (χ0) is 12.8. The van der Waals surface area contributed by atoms with E-state index in [0.717, 1.165) is 25.7 Å². The summed E-state index contributed by atoms with van der Waals surface area (Å²) in [5, 5.41) is 0. The van der Waals surface area contributed by atoms with E-state index < -0.39 is 0 Å². The van der Waals surface area contributed by atoms with Gasteiger partial charge in [-0.15, -0.1) is 0 Å². The summed E-state index contributed by atoms with van der Waals surface area (Å²) in [6.07, 6.45) is 4.54. The SMILES string of the molecule is CCCCC(CC)(CC(=O)OC)C(C)(C)N. The Balaban J connectivity index is 4.89. The Labute approximate surface area is 99.7 Å². The monoisotopic (exact) mass is 229 g/mol. The second-order valence-corrected chi connectivity index (χ2v) is 5.21. The molecule has 0 aromatic rings. The van der Waals surface area contributed by atoms with E-state index in [2.05, 4.69) is 13.8 Å². The molecule has 96 valence electrons. The first kappa shape index (κ1) is 15.4. The summed E-state index contributed by atoms with van der Waals surface area (Å²) in [6, 6.07) is 0. The molecule has 1 unspecified atom stereocenters. The van der Waals surface area contributed by atoms with E-state index in [0.29, 0.717) is 6.42 Å². The van der Waals surface area contributed by atoms with Crippen LogP contribution in [0.15, 0.2) is 0 Å². The van der Waals surface area contributed by atoms with Crippen LogP contribution in [-0.4, -0.2) is 18.6 Å². The van der Waals surface area contributed by atoms with Crippen LogP contribution in [0, 0.1) is 5.41 Å². The first-order chi connectivity index (χ1) is 7.33. The zero-order valence-corrected chi connectivity index (χ0v) is 11.4. The van der Waals surface area contributed by atoms with Crippen molar-refractivity contribution < 1.29 is 9.53 Å². The topological polar surface area (TPSA) is 52.3 Å². The summed E-state index contributed by atoms with van der Waals surface area (Å²) in [7, 11) is 1.44. The molecule has 0 fully saturated rings. The molecule has 0 heterocycles. The van der Waals surface area contributed by atoms with Crippen molar-refractivity contribution in [3.63, 3.8) is 0 Å². The van der Waals surface area contributed by atoms with Crippen molar-refractivity contribution in [1.29, 1.82) is 0 Å². The first-order valence-corrected chi connectivity index (χ1v) is 6.18. The molecule has 3 nitrogen and oxygen atoms in total. The van der Waals surface area contributed by atoms with Gasteiger partial charge in [0.1, 0.15) is 0 Å². The normalized spacial score (nSPS) is 15.6. The number of carbonyl (C=O) groups is 1. The first-order valence-electron chi connectivity index (χ1n) is 6.18. The highest BCUT2D eigenvalue weighted by molar-refractivity contribution is 5.70. The third-order valence-corrected chi connectivity index (χ3v) is 3.76. The van der Waals surface area contributed by atoms with E-state index in [1.807, 2.05) is 13.8 Å². The van der Waals surface area contributed by atoms with Gasteiger partial charge >= 0.3 is 5.97 Å². The lowest BCUT2D eigenvalue weighted by Gasteiger charge is -2.43. The average Bonchev–Trinajstić information content (AvgIpc) is 2.22. The number of esters is 1. The van der Waals surface area contributed by atoms with Gasteiger partial charge in [0.05, 0.1) is 13.5 Å². The number of nitrogens with two attached hydrogens (primary N) is 1. The fourth-order valence-corrected chi connectivity index (χ4v) is 2.26. The molecule has 0 aliphatic heterocycles. The molecule has 2 N–H and O–H groups in total. The van der Waals surface area contributed by atoms with Gasteiger partial charge in [0.2, 0.25) is 0 Å². The average molecular weight is 229 g/mol. The molecule has 0 radical (unpaired) electrons. The molecule has 3 heteroatoms. The Morgan fingerprint density at radius 3 is 2.19 bits per heavy atom. The van der Waals surface area contributed by atoms with Crippen molar-refractivity contribution in [1.82, 2.24) is 0 Å². The lowest BCUT2D eigenvalue weighted by molar-refractivity contribution is -0.145. The highest BCUT2D eigenvalue weighted by atomic mass is 16.5. The van der Waals surface area contributed by atoms with Crippen LogP contribution in [0.4, 0.5) is 0 Å². The molecular weight excluding hydrogens is 202 g/mol. The molecule has 0 aliphatic carbocycles. The Bertz CT molecular complexity index is 220. The number of rotatable bonds is 7. The standard InChI is InChI=1S/C13H27NO2/c1-6-8-9-13(7-2,12(3,4)14)10-11(15)16-5/h6-10,14H2,1-5H3. The molecule has 16 heavy (non-hydrogen) atoms. The van der Waals surface area contributed by atoms with Gasteiger partial charge in [0.25, 0.3) is 0 Å². The van der Waals surface area contributed by atoms with Crippen LogP contribution in [0.3, 0.4) is 0 Å². The minimum atomic E-state index is -0.356. The molecule has 0 aromatic heterocycles. The molecule has 0 amide bonds. The minimum absolute atomic E-state index is 0.143. The number of carbonyl (C=O) groups excluding carboxylic acids is 1. The zero-order valence-electron chi connectivity index (χ0n) is 11.4. The van der Waals surface area contributed by atoms with Crippen LogP contribution in [-0.2, 0) is 9.53 Å². The highest BCUT2D eigenvalue weighted by Gasteiger charge is 2.42. The van der Waals surface area contributed by atoms with Crippen LogP contribution in [0.5, 0.6) is 0 Å². The largest absolute Gasteiger partial charge is 0.469 e. The fourth-order valence-electron chi connectivity index (χ4n) is 2.26. The lowest BCUT2D eigenvalue weighted by atomic mass is 9.65. The molecule has 1 atom stereocenters. The van der Waals surface area contributed by atoms with Crippen molar-refractivity contribution in [3.05, 3.63) is 0 Å². The van der Waals surface area contributed by atoms with Gasteiger partial charge in [-0.1, -0.05) is 26.7 Å². The molecule has 0 aromatic carbocycles. The van der Waals surface area contributed by atoms with Crippen molar-refractivity contribution in [2.45, 2.75) is 65.3 Å². The second kappa shape index (κ2) is 6.24. The quantitative estimate of drug-likeness (QED) is 0.683. The second-order valence-electron chi connectivity index (χ2n) is 5.21. The van der Waals surface area contributed by atoms with Crippen LogP contribution in [0.1, 0.15) is 59.8 Å². The maximum absolute atomic E-state index is 11.5. The number of ether oxygens (including phenoxy) is 1. The molecule has 0 spiro atoms. The van der Waals surface area contributed by atoms with Crippen molar-refractivity contribution in [3.8, 4) is 0 Å². The maximum Gasteiger partial charge on any atom is 0.306 e. The Morgan fingerprint density at radius 2 is 1.88 bits per heavy atom. The van der Waals surface area contributed by atoms with Crippen molar-refractivity contribution in [2.24, 2.45) is 11.1 Å². The summed E-state index contributed by atoms with van der Waals surface area (Å²) >= 11 is 0. The van der Waals surface area contributed by atoms with E-state index in [1.54, 1.807) is 0 Å². The summed E-state index contributed by atoms with van der Waals surface area (Å²) in [5.41, 5.74) is 5.76. The van der Waals surface area contributed by atoms with Crippen LogP contribution < -0.4 is 5.73 Å². The van der Waals surface area contributed by atoms with Gasteiger partial charge in [-0.3, -0.25) is 4.79 Å². The molecule has 0 bridgehead atoms. The summed E-state index contributed by atoms with van der Waals surface area (Å²) < 4.78 is 4.79. The van der Waals surface area contributed by atoms with Gasteiger partial charge in [0.15, 0.2) is 0 Å². The highest BCUT2D eigenvalue weighted by Crippen LogP contribution is 2.41. The van der Waals surface area contributed by atoms with Crippen LogP contribution in [0.25, 0.3) is 0 Å². The molecular formula is C13H27NO2. The fraction of sp³-hybridized carbons (Fsp3) is 0.923. The van der Waals surface area contributed by atoms with Gasteiger partial charge in [-0.25, -0.2) is 0 Å². The Kier molecular flexibility index (Phi) is 6.01. The third kappa shape index (κ3) is 3.78. The predicted molar refractivity (Wildman–Crippen MR) is 67.1 cm³/mol. The van der Waals surface area contributed by atoms with E-state index >= 15 is 0 Å². The van der Waals surface area contributed by atoms with Crippen LogP contribution in [0.2, 0.25) is 0 Å². The number of unbranched alkanes of at least 4 members (excludes halogenated alkanes) is 1. The number of methoxy groups -OCH3 is 1. The van der Waals surface area contributed by atoms with E-state index in [9.17, 15) is 4.79 Å². The molecule has 0 saturated carbocycles. The minimum Gasteiger partial charge on any atom is -0.469 e. The molecule has 0 rings (SSSR count). The molecule has 0 saturated heterocycles. The Morgan fingerprint density at radius 1 is 1.31 bits per heavy atom.